The van der Waals surface area contributed by atoms with Crippen LogP contribution < -0.4 is 21.8 Å². The van der Waals surface area contributed by atoms with E-state index < -0.39 is 0 Å². The van der Waals surface area contributed by atoms with Crippen molar-refractivity contribution in [1.82, 2.24) is 19.8 Å². The molecular weight excluding hydrogens is 486 g/mol. The highest BCUT2D eigenvalue weighted by Crippen LogP contribution is 2.30. The molecule has 0 radical (unpaired) electrons. The summed E-state index contributed by atoms with van der Waals surface area (Å²) in [6, 6.07) is 10.8. The van der Waals surface area contributed by atoms with Crippen molar-refractivity contribution < 1.29 is 4.79 Å². The zero-order chi connectivity index (χ0) is 27.7. The monoisotopic (exact) mass is 527 g/mol. The fraction of sp³-hybridized carbons (Fsp3) is 0.469. The molecule has 2 N–H and O–H groups in total. The first-order valence-corrected chi connectivity index (χ1v) is 14.3. The van der Waals surface area contributed by atoms with Crippen molar-refractivity contribution in [3.05, 3.63) is 79.7 Å². The minimum Gasteiger partial charge on any atom is -0.336 e. The predicted molar refractivity (Wildman–Crippen MR) is 157 cm³/mol. The Labute approximate surface area is 231 Å². The summed E-state index contributed by atoms with van der Waals surface area (Å²) in [5.74, 6) is 0. The van der Waals surface area contributed by atoms with E-state index in [0.29, 0.717) is 25.1 Å². The Morgan fingerprint density at radius 1 is 0.923 bits per heavy atom. The van der Waals surface area contributed by atoms with Gasteiger partial charge in [0.1, 0.15) is 5.49 Å². The van der Waals surface area contributed by atoms with Gasteiger partial charge in [-0.15, -0.1) is 0 Å². The molecule has 2 heterocycles. The van der Waals surface area contributed by atoms with Gasteiger partial charge in [-0.3, -0.25) is 9.13 Å². The maximum absolute atomic E-state index is 13.9. The van der Waals surface area contributed by atoms with Gasteiger partial charge in [-0.1, -0.05) is 43.0 Å². The molecule has 1 aliphatic heterocycles. The number of carbonyl (C=O) groups excluding carboxylic acids is 1. The molecule has 0 unspecified atom stereocenters. The number of fused-ring (bicyclic) bond motifs is 3. The molecule has 39 heavy (non-hydrogen) atoms. The maximum Gasteiger partial charge on any atom is 0.330 e. The predicted octanol–water partition coefficient (Wildman–Crippen LogP) is 5.28. The van der Waals surface area contributed by atoms with E-state index in [1.54, 1.807) is 4.57 Å². The van der Waals surface area contributed by atoms with E-state index in [4.69, 9.17) is 4.99 Å². The number of rotatable bonds is 5. The van der Waals surface area contributed by atoms with Crippen molar-refractivity contribution in [3.63, 3.8) is 0 Å². The maximum atomic E-state index is 13.9. The Morgan fingerprint density at radius 3 is 2.33 bits per heavy atom. The second-order valence-electron chi connectivity index (χ2n) is 11.4. The highest BCUT2D eigenvalue weighted by atomic mass is 16.2. The zero-order valence-electron chi connectivity index (χ0n) is 24.0. The smallest absolute Gasteiger partial charge is 0.330 e. The lowest BCUT2D eigenvalue weighted by molar-refractivity contribution is 0.232. The number of aryl methyl sites for hydroxylation is 6. The number of carbonyl (C=O) groups is 1. The van der Waals surface area contributed by atoms with E-state index in [9.17, 15) is 9.59 Å². The highest BCUT2D eigenvalue weighted by molar-refractivity contribution is 5.74. The molecule has 1 saturated carbocycles. The molecule has 1 aromatic heterocycles. The van der Waals surface area contributed by atoms with Gasteiger partial charge < -0.3 is 10.6 Å². The summed E-state index contributed by atoms with van der Waals surface area (Å²) in [6.07, 6.45) is 6.46. The molecule has 0 atom stereocenters. The van der Waals surface area contributed by atoms with Gasteiger partial charge in [0.05, 0.1) is 11.4 Å². The third kappa shape index (κ3) is 5.72. The molecule has 1 aliphatic carbocycles. The minimum absolute atomic E-state index is 0.0907. The molecule has 7 heteroatoms. The van der Waals surface area contributed by atoms with Crippen LogP contribution >= 0.6 is 0 Å². The number of aromatic nitrogens is 2. The number of hydrogen-bond donors (Lipinski definition) is 2. The molecular formula is C32H41N5O2. The van der Waals surface area contributed by atoms with E-state index in [1.807, 2.05) is 4.57 Å². The lowest BCUT2D eigenvalue weighted by atomic mass is 9.93. The summed E-state index contributed by atoms with van der Waals surface area (Å²) < 4.78 is 3.59. The second kappa shape index (κ2) is 11.2. The molecule has 5 rings (SSSR count). The average Bonchev–Trinajstić information content (AvgIpc) is 2.89. The fourth-order valence-electron chi connectivity index (χ4n) is 6.15. The van der Waals surface area contributed by atoms with Gasteiger partial charge in [0.2, 0.25) is 0 Å². The van der Waals surface area contributed by atoms with E-state index in [2.05, 4.69) is 75.6 Å². The second-order valence-corrected chi connectivity index (χ2v) is 11.4. The number of urea groups is 1. The number of nitrogens with zero attached hydrogens (tertiary/aromatic N) is 3. The van der Waals surface area contributed by atoms with Gasteiger partial charge in [0, 0.05) is 37.3 Å². The van der Waals surface area contributed by atoms with Crippen molar-refractivity contribution in [2.45, 2.75) is 92.3 Å². The van der Waals surface area contributed by atoms with Crippen LogP contribution in [-0.2, 0) is 19.5 Å². The van der Waals surface area contributed by atoms with Crippen molar-refractivity contribution in [3.8, 4) is 11.3 Å². The minimum atomic E-state index is -0.163. The molecule has 2 aromatic carbocycles. The Hall–Kier alpha value is -3.61. The summed E-state index contributed by atoms with van der Waals surface area (Å²) in [5, 5.41) is 6.07. The number of nitrogens with one attached hydrogen (secondary N) is 2. The van der Waals surface area contributed by atoms with Crippen LogP contribution in [-0.4, -0.2) is 27.8 Å². The van der Waals surface area contributed by atoms with Crippen molar-refractivity contribution in [2.75, 3.05) is 6.54 Å². The van der Waals surface area contributed by atoms with Gasteiger partial charge in [-0.25, -0.2) is 14.6 Å². The van der Waals surface area contributed by atoms with Crippen molar-refractivity contribution in [2.24, 2.45) is 4.99 Å². The number of hydrogen-bond acceptors (Lipinski definition) is 3. The van der Waals surface area contributed by atoms with E-state index in [-0.39, 0.29) is 17.8 Å². The van der Waals surface area contributed by atoms with Gasteiger partial charge in [-0.05, 0) is 87.8 Å². The normalized spacial score (nSPS) is 15.6. The molecule has 2 amide bonds. The molecule has 3 aromatic rings. The summed E-state index contributed by atoms with van der Waals surface area (Å²) >= 11 is 0. The number of amides is 2. The molecule has 0 saturated heterocycles. The van der Waals surface area contributed by atoms with E-state index in [1.165, 1.54) is 28.7 Å². The largest absolute Gasteiger partial charge is 0.336 e. The third-order valence-corrected chi connectivity index (χ3v) is 8.32. The van der Waals surface area contributed by atoms with Crippen LogP contribution in [0.1, 0.15) is 65.5 Å². The number of benzene rings is 2. The van der Waals surface area contributed by atoms with Crippen LogP contribution in [0.25, 0.3) is 11.3 Å². The summed E-state index contributed by atoms with van der Waals surface area (Å²) in [6.45, 7) is 11.8. The van der Waals surface area contributed by atoms with Gasteiger partial charge >= 0.3 is 11.7 Å². The van der Waals surface area contributed by atoms with E-state index in [0.717, 1.165) is 60.2 Å². The summed E-state index contributed by atoms with van der Waals surface area (Å²) in [7, 11) is 0. The quantitative estimate of drug-likeness (QED) is 0.474. The molecule has 1 fully saturated rings. The molecule has 0 bridgehead atoms. The molecule has 7 nitrogen and oxygen atoms in total. The lowest BCUT2D eigenvalue weighted by Crippen LogP contribution is -2.47. The van der Waals surface area contributed by atoms with Crippen LogP contribution in [0.3, 0.4) is 0 Å². The highest BCUT2D eigenvalue weighted by Gasteiger charge is 2.21. The Balaban J connectivity index is 1.54. The lowest BCUT2D eigenvalue weighted by Gasteiger charge is -2.25. The first kappa shape index (κ1) is 27.0. The Kier molecular flexibility index (Phi) is 7.78. The Morgan fingerprint density at radius 2 is 1.62 bits per heavy atom. The Bertz CT molecular complexity index is 1520. The molecule has 0 spiro atoms. The van der Waals surface area contributed by atoms with Gasteiger partial charge in [-0.2, -0.15) is 0 Å². The fourth-order valence-corrected chi connectivity index (χ4v) is 6.15. The van der Waals surface area contributed by atoms with Crippen molar-refractivity contribution >= 4 is 11.7 Å². The summed E-state index contributed by atoms with van der Waals surface area (Å²) in [5.41, 5.74) is 10.5. The average molecular weight is 528 g/mol. The van der Waals surface area contributed by atoms with Crippen LogP contribution in [0.2, 0.25) is 0 Å². The molecule has 2 aliphatic rings. The zero-order valence-corrected chi connectivity index (χ0v) is 24.0. The topological polar surface area (TPSA) is 80.4 Å². The van der Waals surface area contributed by atoms with Crippen LogP contribution in [0.4, 0.5) is 10.5 Å². The third-order valence-electron chi connectivity index (χ3n) is 8.32. The first-order valence-electron chi connectivity index (χ1n) is 14.3. The SMILES string of the molecule is Cc1cc(C)c(/N=c2\cc3n(c(=O)n2CCNC(=O)NC2CCCCC2)CCc2cc(C)c(C)cc2-3)c(C)c1. The van der Waals surface area contributed by atoms with Crippen LogP contribution in [0, 0.1) is 34.6 Å². The van der Waals surface area contributed by atoms with Crippen molar-refractivity contribution in [1.29, 1.82) is 0 Å². The van der Waals surface area contributed by atoms with Crippen LogP contribution in [0.5, 0.6) is 0 Å². The summed E-state index contributed by atoms with van der Waals surface area (Å²) in [4.78, 5) is 31.6. The van der Waals surface area contributed by atoms with Gasteiger partial charge in [0.25, 0.3) is 0 Å². The first-order chi connectivity index (χ1) is 18.7. The van der Waals surface area contributed by atoms with E-state index >= 15 is 0 Å². The standard InChI is InChI=1S/C32H41N5O2/c1-20-15-23(4)30(24(5)16-20)35-29-19-28-27-18-22(3)21(2)17-25(27)11-13-36(28)32(39)37(29)14-12-33-31(38)34-26-9-7-6-8-10-26/h15-19,26H,6-14H2,1-5H3,(H2,33,34,38)/b35-29+. The van der Waals surface area contributed by atoms with Gasteiger partial charge in [0.15, 0.2) is 0 Å². The molecule has 206 valence electrons. The van der Waals surface area contributed by atoms with Crippen LogP contribution in [0.15, 0.2) is 40.1 Å².